The van der Waals surface area contributed by atoms with E-state index in [-0.39, 0.29) is 6.10 Å². The lowest BCUT2D eigenvalue weighted by Crippen LogP contribution is -2.08. The minimum atomic E-state index is -0.307. The highest BCUT2D eigenvalue weighted by Gasteiger charge is 2.21. The van der Waals surface area contributed by atoms with E-state index in [0.29, 0.717) is 35.8 Å². The third-order valence-electron chi connectivity index (χ3n) is 3.43. The molecule has 0 saturated heterocycles. The second kappa shape index (κ2) is 8.62. The molecule has 5 heteroatoms. The molecule has 1 N–H and O–H groups in total. The molecule has 0 fully saturated rings. The van der Waals surface area contributed by atoms with Crippen molar-refractivity contribution >= 4 is 0 Å². The molecule has 0 aromatic heterocycles. The topological polar surface area (TPSA) is 57.2 Å². The Kier molecular flexibility index (Phi) is 7.15. The summed E-state index contributed by atoms with van der Waals surface area (Å²) >= 11 is 0. The van der Waals surface area contributed by atoms with Crippen molar-refractivity contribution in [2.45, 2.75) is 38.7 Å². The highest BCUT2D eigenvalue weighted by atomic mass is 16.5. The van der Waals surface area contributed by atoms with Gasteiger partial charge in [-0.3, -0.25) is 0 Å². The Morgan fingerprint density at radius 1 is 0.905 bits per heavy atom. The van der Waals surface area contributed by atoms with Crippen LogP contribution in [0.25, 0.3) is 0 Å². The zero-order valence-electron chi connectivity index (χ0n) is 13.6. The van der Waals surface area contributed by atoms with E-state index in [9.17, 15) is 5.11 Å². The standard InChI is InChI=1S/C16H26O5/c1-6-7-12(17)9-8-11-10-13(18-2)15(20-4)16(21-5)14(11)19-3/h10,12,17H,6-9H2,1-5H3. The third kappa shape index (κ3) is 4.17. The Morgan fingerprint density at radius 3 is 2.00 bits per heavy atom. The molecule has 21 heavy (non-hydrogen) atoms. The van der Waals surface area contributed by atoms with Crippen LogP contribution in [0.2, 0.25) is 0 Å². The molecule has 0 bridgehead atoms. The molecule has 0 aliphatic carbocycles. The summed E-state index contributed by atoms with van der Waals surface area (Å²) in [4.78, 5) is 0. The van der Waals surface area contributed by atoms with Crippen molar-refractivity contribution in [3.05, 3.63) is 11.6 Å². The molecule has 1 atom stereocenters. The molecular formula is C16H26O5. The van der Waals surface area contributed by atoms with Crippen LogP contribution < -0.4 is 18.9 Å². The summed E-state index contributed by atoms with van der Waals surface area (Å²) in [6.45, 7) is 2.06. The van der Waals surface area contributed by atoms with Gasteiger partial charge < -0.3 is 24.1 Å². The molecule has 1 aromatic rings. The largest absolute Gasteiger partial charge is 0.493 e. The van der Waals surface area contributed by atoms with Gasteiger partial charge in [0.05, 0.1) is 34.5 Å². The number of benzene rings is 1. The van der Waals surface area contributed by atoms with Gasteiger partial charge in [0.25, 0.3) is 0 Å². The van der Waals surface area contributed by atoms with Crippen molar-refractivity contribution in [2.75, 3.05) is 28.4 Å². The normalized spacial score (nSPS) is 11.9. The fourth-order valence-corrected chi connectivity index (χ4v) is 2.39. The monoisotopic (exact) mass is 298 g/mol. The van der Waals surface area contributed by atoms with E-state index in [0.717, 1.165) is 18.4 Å². The molecule has 120 valence electrons. The molecule has 1 unspecified atom stereocenters. The van der Waals surface area contributed by atoms with Crippen LogP contribution in [0.4, 0.5) is 0 Å². The summed E-state index contributed by atoms with van der Waals surface area (Å²) in [7, 11) is 6.30. The molecule has 0 aliphatic rings. The Bertz CT molecular complexity index is 445. The van der Waals surface area contributed by atoms with Gasteiger partial charge >= 0.3 is 0 Å². The molecular weight excluding hydrogens is 272 g/mol. The Labute approximate surface area is 126 Å². The number of aliphatic hydroxyl groups excluding tert-OH is 1. The Morgan fingerprint density at radius 2 is 1.52 bits per heavy atom. The van der Waals surface area contributed by atoms with Gasteiger partial charge in [-0.1, -0.05) is 13.3 Å². The van der Waals surface area contributed by atoms with Crippen LogP contribution in [-0.2, 0) is 6.42 Å². The first-order chi connectivity index (χ1) is 10.1. The summed E-state index contributed by atoms with van der Waals surface area (Å²) in [5, 5.41) is 9.90. The first-order valence-corrected chi connectivity index (χ1v) is 7.16. The minimum Gasteiger partial charge on any atom is -0.493 e. The molecule has 0 saturated carbocycles. The van der Waals surface area contributed by atoms with Gasteiger partial charge in [-0.2, -0.15) is 0 Å². The van der Waals surface area contributed by atoms with Crippen molar-refractivity contribution in [3.63, 3.8) is 0 Å². The molecule has 0 spiro atoms. The number of aryl methyl sites for hydroxylation is 1. The fourth-order valence-electron chi connectivity index (χ4n) is 2.39. The Balaban J connectivity index is 3.12. The molecule has 0 amide bonds. The average molecular weight is 298 g/mol. The summed E-state index contributed by atoms with van der Waals surface area (Å²) in [5.74, 6) is 2.24. The molecule has 1 rings (SSSR count). The van der Waals surface area contributed by atoms with Gasteiger partial charge in [-0.05, 0) is 25.3 Å². The van der Waals surface area contributed by atoms with Crippen LogP contribution in [-0.4, -0.2) is 39.6 Å². The maximum Gasteiger partial charge on any atom is 0.207 e. The molecule has 0 radical (unpaired) electrons. The highest BCUT2D eigenvalue weighted by Crippen LogP contribution is 2.46. The molecule has 1 aromatic carbocycles. The van der Waals surface area contributed by atoms with Crippen molar-refractivity contribution in [1.29, 1.82) is 0 Å². The number of hydrogen-bond donors (Lipinski definition) is 1. The van der Waals surface area contributed by atoms with E-state index in [4.69, 9.17) is 18.9 Å². The molecule has 0 heterocycles. The third-order valence-corrected chi connectivity index (χ3v) is 3.43. The van der Waals surface area contributed by atoms with E-state index in [2.05, 4.69) is 6.92 Å². The second-order valence-corrected chi connectivity index (χ2v) is 4.82. The zero-order valence-corrected chi connectivity index (χ0v) is 13.6. The van der Waals surface area contributed by atoms with Gasteiger partial charge in [0.2, 0.25) is 11.5 Å². The predicted octanol–water partition coefficient (Wildman–Crippen LogP) is 2.81. The second-order valence-electron chi connectivity index (χ2n) is 4.82. The number of methoxy groups -OCH3 is 4. The van der Waals surface area contributed by atoms with Crippen LogP contribution >= 0.6 is 0 Å². The predicted molar refractivity (Wildman–Crippen MR) is 81.9 cm³/mol. The van der Waals surface area contributed by atoms with E-state index < -0.39 is 0 Å². The maximum atomic E-state index is 9.90. The number of aliphatic hydroxyl groups is 1. The van der Waals surface area contributed by atoms with Crippen LogP contribution in [0.5, 0.6) is 23.0 Å². The fraction of sp³-hybridized carbons (Fsp3) is 0.625. The summed E-state index contributed by atoms with van der Waals surface area (Å²) in [6.07, 6.45) is 2.81. The van der Waals surface area contributed by atoms with Crippen molar-refractivity contribution < 1.29 is 24.1 Å². The quantitative estimate of drug-likeness (QED) is 0.759. The van der Waals surface area contributed by atoms with Gasteiger partial charge in [-0.25, -0.2) is 0 Å². The Hall–Kier alpha value is -1.62. The van der Waals surface area contributed by atoms with Gasteiger partial charge in [0, 0.05) is 5.56 Å². The minimum absolute atomic E-state index is 0.307. The lowest BCUT2D eigenvalue weighted by atomic mass is 10.0. The van der Waals surface area contributed by atoms with Crippen molar-refractivity contribution in [3.8, 4) is 23.0 Å². The van der Waals surface area contributed by atoms with Crippen molar-refractivity contribution in [2.24, 2.45) is 0 Å². The maximum absolute atomic E-state index is 9.90. The van der Waals surface area contributed by atoms with E-state index >= 15 is 0 Å². The number of rotatable bonds is 9. The molecule has 0 aliphatic heterocycles. The van der Waals surface area contributed by atoms with Crippen LogP contribution in [0.3, 0.4) is 0 Å². The first kappa shape index (κ1) is 17.4. The van der Waals surface area contributed by atoms with Crippen LogP contribution in [0.15, 0.2) is 6.07 Å². The van der Waals surface area contributed by atoms with Crippen molar-refractivity contribution in [1.82, 2.24) is 0 Å². The van der Waals surface area contributed by atoms with Gasteiger partial charge in [-0.15, -0.1) is 0 Å². The first-order valence-electron chi connectivity index (χ1n) is 7.16. The number of hydrogen-bond acceptors (Lipinski definition) is 5. The summed E-state index contributed by atoms with van der Waals surface area (Å²) in [5.41, 5.74) is 0.933. The van der Waals surface area contributed by atoms with Crippen LogP contribution in [0, 0.1) is 0 Å². The lowest BCUT2D eigenvalue weighted by molar-refractivity contribution is 0.153. The number of ether oxygens (including phenoxy) is 4. The van der Waals surface area contributed by atoms with Crippen LogP contribution in [0.1, 0.15) is 31.7 Å². The molecule has 5 nitrogen and oxygen atoms in total. The highest BCUT2D eigenvalue weighted by molar-refractivity contribution is 5.62. The SMILES string of the molecule is CCCC(O)CCc1cc(OC)c(OC)c(OC)c1OC. The average Bonchev–Trinajstić information content (AvgIpc) is 2.51. The van der Waals surface area contributed by atoms with Gasteiger partial charge in [0.15, 0.2) is 11.5 Å². The van der Waals surface area contributed by atoms with E-state index in [1.807, 2.05) is 6.07 Å². The lowest BCUT2D eigenvalue weighted by Gasteiger charge is -2.19. The van der Waals surface area contributed by atoms with E-state index in [1.54, 1.807) is 28.4 Å². The summed E-state index contributed by atoms with van der Waals surface area (Å²) in [6, 6.07) is 1.87. The smallest absolute Gasteiger partial charge is 0.207 e. The van der Waals surface area contributed by atoms with Gasteiger partial charge in [0.1, 0.15) is 0 Å². The van der Waals surface area contributed by atoms with E-state index in [1.165, 1.54) is 0 Å². The zero-order chi connectivity index (χ0) is 15.8. The summed E-state index contributed by atoms with van der Waals surface area (Å²) < 4.78 is 21.6.